The number of rotatable bonds is 4. The summed E-state index contributed by atoms with van der Waals surface area (Å²) in [5.74, 6) is 1.47. The van der Waals surface area contributed by atoms with Crippen molar-refractivity contribution >= 4 is 0 Å². The molecule has 1 N–H and O–H groups in total. The van der Waals surface area contributed by atoms with Gasteiger partial charge in [-0.1, -0.05) is 26.8 Å². The predicted octanol–water partition coefficient (Wildman–Crippen LogP) is 3.34. The zero-order chi connectivity index (χ0) is 12.3. The van der Waals surface area contributed by atoms with Gasteiger partial charge >= 0.3 is 0 Å². The molecule has 0 saturated carbocycles. The van der Waals surface area contributed by atoms with Gasteiger partial charge in [0, 0.05) is 12.2 Å². The molecule has 1 aliphatic rings. The first-order valence-electron chi connectivity index (χ1n) is 6.85. The fourth-order valence-electron chi connectivity index (χ4n) is 2.37. The third kappa shape index (κ3) is 3.06. The van der Waals surface area contributed by atoms with Gasteiger partial charge in [0.1, 0.15) is 0 Å². The van der Waals surface area contributed by atoms with Crippen LogP contribution in [0.3, 0.4) is 0 Å². The molecule has 0 aromatic carbocycles. The second kappa shape index (κ2) is 5.63. The minimum Gasteiger partial charge on any atom is -0.308 e. The molecule has 0 bridgehead atoms. The monoisotopic (exact) mass is 232 g/mol. The lowest BCUT2D eigenvalue weighted by Gasteiger charge is -2.27. The zero-order valence-electron chi connectivity index (χ0n) is 11.2. The molecular weight excluding hydrogens is 208 g/mol. The fraction of sp³-hybridized carbons (Fsp3) is 0.667. The first-order valence-corrected chi connectivity index (χ1v) is 6.85. The van der Waals surface area contributed by atoms with Crippen LogP contribution >= 0.6 is 0 Å². The van der Waals surface area contributed by atoms with Gasteiger partial charge in [-0.2, -0.15) is 0 Å². The van der Waals surface area contributed by atoms with Crippen molar-refractivity contribution < 1.29 is 0 Å². The van der Waals surface area contributed by atoms with Crippen LogP contribution in [-0.2, 0) is 6.42 Å². The Morgan fingerprint density at radius 2 is 2.24 bits per heavy atom. The van der Waals surface area contributed by atoms with E-state index in [1.165, 1.54) is 30.5 Å². The highest BCUT2D eigenvalue weighted by Gasteiger charge is 2.21. The summed E-state index contributed by atoms with van der Waals surface area (Å²) < 4.78 is 0. The first-order chi connectivity index (χ1) is 8.18. The van der Waals surface area contributed by atoms with Crippen molar-refractivity contribution in [3.63, 3.8) is 0 Å². The zero-order valence-corrected chi connectivity index (χ0v) is 11.2. The van der Waals surface area contributed by atoms with Gasteiger partial charge in [0.05, 0.1) is 5.69 Å². The summed E-state index contributed by atoms with van der Waals surface area (Å²) in [5, 5.41) is 3.70. The second-order valence-electron chi connectivity index (χ2n) is 5.62. The normalized spacial score (nSPS) is 21.3. The summed E-state index contributed by atoms with van der Waals surface area (Å²) in [6, 6.07) is 4.75. The van der Waals surface area contributed by atoms with Crippen molar-refractivity contribution in [1.82, 2.24) is 10.3 Å². The van der Waals surface area contributed by atoms with Crippen molar-refractivity contribution in [2.75, 3.05) is 6.54 Å². The van der Waals surface area contributed by atoms with Crippen LogP contribution in [0.1, 0.15) is 50.9 Å². The second-order valence-corrected chi connectivity index (χ2v) is 5.62. The molecule has 1 aliphatic carbocycles. The minimum atomic E-state index is 0.473. The van der Waals surface area contributed by atoms with E-state index in [-0.39, 0.29) is 0 Å². The maximum absolute atomic E-state index is 4.56. The molecule has 0 radical (unpaired) electrons. The van der Waals surface area contributed by atoms with Gasteiger partial charge in [-0.3, -0.25) is 4.98 Å². The Labute approximate surface area is 105 Å². The summed E-state index contributed by atoms with van der Waals surface area (Å²) >= 11 is 0. The molecule has 2 rings (SSSR count). The van der Waals surface area contributed by atoms with E-state index in [1.807, 2.05) is 6.20 Å². The average Bonchev–Trinajstić information content (AvgIpc) is 2.35. The van der Waals surface area contributed by atoms with Gasteiger partial charge in [-0.25, -0.2) is 0 Å². The van der Waals surface area contributed by atoms with Crippen LogP contribution in [0.15, 0.2) is 18.3 Å². The van der Waals surface area contributed by atoms with Gasteiger partial charge in [0.15, 0.2) is 0 Å². The molecule has 1 aromatic heterocycles. The first kappa shape index (κ1) is 12.6. The lowest BCUT2D eigenvalue weighted by Crippen LogP contribution is -2.31. The maximum Gasteiger partial charge on any atom is 0.0605 e. The van der Waals surface area contributed by atoms with Crippen LogP contribution in [0.25, 0.3) is 0 Å². The molecule has 1 aromatic rings. The molecule has 0 fully saturated rings. The number of nitrogens with zero attached hydrogens (tertiary/aromatic N) is 1. The van der Waals surface area contributed by atoms with Gasteiger partial charge in [-0.15, -0.1) is 0 Å². The molecule has 0 aliphatic heterocycles. The summed E-state index contributed by atoms with van der Waals surface area (Å²) in [4.78, 5) is 4.56. The molecule has 0 spiro atoms. The predicted molar refractivity (Wildman–Crippen MR) is 71.9 cm³/mol. The number of nitrogens with one attached hydrogen (secondary N) is 1. The number of aryl methyl sites for hydroxylation is 1. The molecule has 17 heavy (non-hydrogen) atoms. The standard InChI is InChI=1S/C15H24N2/c1-11(2)12(3)10-17-14-8-4-6-13-7-5-9-16-15(13)14/h5,7,9,11-12,14,17H,4,6,8,10H2,1-3H3. The minimum absolute atomic E-state index is 0.473. The summed E-state index contributed by atoms with van der Waals surface area (Å²) in [6.45, 7) is 8.00. The van der Waals surface area contributed by atoms with Crippen molar-refractivity contribution in [1.29, 1.82) is 0 Å². The number of fused-ring (bicyclic) bond motifs is 1. The Hall–Kier alpha value is -0.890. The highest BCUT2D eigenvalue weighted by molar-refractivity contribution is 5.25. The van der Waals surface area contributed by atoms with E-state index < -0.39 is 0 Å². The van der Waals surface area contributed by atoms with E-state index >= 15 is 0 Å². The third-order valence-electron chi connectivity index (χ3n) is 4.02. The topological polar surface area (TPSA) is 24.9 Å². The molecule has 0 amide bonds. The third-order valence-corrected chi connectivity index (χ3v) is 4.02. The fourth-order valence-corrected chi connectivity index (χ4v) is 2.37. The largest absolute Gasteiger partial charge is 0.308 e. The van der Waals surface area contributed by atoms with Crippen LogP contribution in [0, 0.1) is 11.8 Å². The molecule has 2 unspecified atom stereocenters. The van der Waals surface area contributed by atoms with E-state index in [0.717, 1.165) is 18.4 Å². The SMILES string of the molecule is CC(C)C(C)CNC1CCCc2cccnc21. The molecule has 2 nitrogen and oxygen atoms in total. The molecule has 2 atom stereocenters. The highest BCUT2D eigenvalue weighted by atomic mass is 14.9. The maximum atomic E-state index is 4.56. The van der Waals surface area contributed by atoms with Crippen molar-refractivity contribution in [3.05, 3.63) is 29.6 Å². The number of aromatic nitrogens is 1. The van der Waals surface area contributed by atoms with Crippen LogP contribution < -0.4 is 5.32 Å². The lowest BCUT2D eigenvalue weighted by atomic mass is 9.91. The number of hydrogen-bond acceptors (Lipinski definition) is 2. The molecular formula is C15H24N2. The molecule has 2 heteroatoms. The number of hydrogen-bond donors (Lipinski definition) is 1. The summed E-state index contributed by atoms with van der Waals surface area (Å²) in [5.41, 5.74) is 2.73. The Kier molecular flexibility index (Phi) is 4.16. The van der Waals surface area contributed by atoms with E-state index in [0.29, 0.717) is 6.04 Å². The Morgan fingerprint density at radius 3 is 3.00 bits per heavy atom. The van der Waals surface area contributed by atoms with Crippen LogP contribution in [-0.4, -0.2) is 11.5 Å². The van der Waals surface area contributed by atoms with Crippen molar-refractivity contribution in [2.45, 2.75) is 46.1 Å². The lowest BCUT2D eigenvalue weighted by molar-refractivity contribution is 0.350. The van der Waals surface area contributed by atoms with Gasteiger partial charge in [0.2, 0.25) is 0 Å². The average molecular weight is 232 g/mol. The Bertz CT molecular complexity index is 360. The smallest absolute Gasteiger partial charge is 0.0605 e. The van der Waals surface area contributed by atoms with E-state index in [4.69, 9.17) is 0 Å². The van der Waals surface area contributed by atoms with Crippen LogP contribution in [0.5, 0.6) is 0 Å². The van der Waals surface area contributed by atoms with Crippen LogP contribution in [0.4, 0.5) is 0 Å². The molecule has 0 saturated heterocycles. The number of pyridine rings is 1. The summed E-state index contributed by atoms with van der Waals surface area (Å²) in [7, 11) is 0. The quantitative estimate of drug-likeness (QED) is 0.861. The highest BCUT2D eigenvalue weighted by Crippen LogP contribution is 2.27. The van der Waals surface area contributed by atoms with Crippen LogP contribution in [0.2, 0.25) is 0 Å². The van der Waals surface area contributed by atoms with Crippen molar-refractivity contribution in [2.24, 2.45) is 11.8 Å². The molecule has 1 heterocycles. The van der Waals surface area contributed by atoms with E-state index in [9.17, 15) is 0 Å². The van der Waals surface area contributed by atoms with Gasteiger partial charge in [-0.05, 0) is 49.3 Å². The van der Waals surface area contributed by atoms with Gasteiger partial charge < -0.3 is 5.32 Å². The van der Waals surface area contributed by atoms with E-state index in [1.54, 1.807) is 0 Å². The van der Waals surface area contributed by atoms with Gasteiger partial charge in [0.25, 0.3) is 0 Å². The van der Waals surface area contributed by atoms with Crippen molar-refractivity contribution in [3.8, 4) is 0 Å². The van der Waals surface area contributed by atoms with E-state index in [2.05, 4.69) is 43.2 Å². The Balaban J connectivity index is 1.99. The summed E-state index contributed by atoms with van der Waals surface area (Å²) in [6.07, 6.45) is 5.63. The molecule has 94 valence electrons. The Morgan fingerprint density at radius 1 is 1.41 bits per heavy atom.